The Hall–Kier alpha value is -0.610. The molecule has 0 amide bonds. The highest BCUT2D eigenvalue weighted by molar-refractivity contribution is 6.16. The molecule has 4 nitrogen and oxygen atoms in total. The second kappa shape index (κ2) is 5.64. The van der Waals surface area contributed by atoms with Gasteiger partial charge in [-0.2, -0.15) is 0 Å². The molecule has 90 valence electrons. The maximum atomic E-state index is 5.81. The van der Waals surface area contributed by atoms with Crippen molar-refractivity contribution < 1.29 is 4.74 Å². The van der Waals surface area contributed by atoms with Gasteiger partial charge in [-0.1, -0.05) is 0 Å². The zero-order valence-corrected chi connectivity index (χ0v) is 10.4. The fraction of sp³-hybridized carbons (Fsp3) is 0.818. The van der Waals surface area contributed by atoms with Gasteiger partial charge in [-0.25, -0.2) is 0 Å². The highest BCUT2D eigenvalue weighted by atomic mass is 35.5. The van der Waals surface area contributed by atoms with Crippen molar-refractivity contribution in [2.75, 3.05) is 6.61 Å². The quantitative estimate of drug-likeness (QED) is 0.761. The normalized spacial score (nSPS) is 21.2. The third-order valence-electron chi connectivity index (χ3n) is 3.02. The van der Waals surface area contributed by atoms with Gasteiger partial charge in [-0.05, 0) is 26.2 Å². The summed E-state index contributed by atoms with van der Waals surface area (Å²) >= 11 is 5.81. The minimum atomic E-state index is 0.312. The van der Waals surface area contributed by atoms with Crippen LogP contribution < -0.4 is 0 Å². The molecule has 5 heteroatoms. The fourth-order valence-electron chi connectivity index (χ4n) is 2.16. The van der Waals surface area contributed by atoms with Gasteiger partial charge in [0.2, 0.25) is 0 Å². The van der Waals surface area contributed by atoms with Crippen molar-refractivity contribution in [2.45, 2.75) is 51.1 Å². The topological polar surface area (TPSA) is 39.9 Å². The van der Waals surface area contributed by atoms with Crippen molar-refractivity contribution in [3.63, 3.8) is 0 Å². The molecule has 1 aliphatic heterocycles. The Balaban J connectivity index is 2.05. The SMILES string of the molecule is CCn1c(CCl)nnc1CC1CCCCO1. The third kappa shape index (κ3) is 2.55. The molecule has 0 saturated carbocycles. The number of alkyl halides is 1. The standard InChI is InChI=1S/C11H18ClN3O/c1-2-15-10(13-14-11(15)8-12)7-9-5-3-4-6-16-9/h9H,2-8H2,1H3. The van der Waals surface area contributed by atoms with Crippen molar-refractivity contribution in [3.8, 4) is 0 Å². The van der Waals surface area contributed by atoms with Crippen LogP contribution in [0.5, 0.6) is 0 Å². The molecule has 1 aromatic heterocycles. The summed E-state index contributed by atoms with van der Waals surface area (Å²) in [6.07, 6.45) is 4.74. The Morgan fingerprint density at radius 2 is 2.19 bits per heavy atom. The van der Waals surface area contributed by atoms with Crippen LogP contribution in [-0.2, 0) is 23.6 Å². The summed E-state index contributed by atoms with van der Waals surface area (Å²) in [5.41, 5.74) is 0. The first-order chi connectivity index (χ1) is 7.85. The molecule has 0 bridgehead atoms. The van der Waals surface area contributed by atoms with E-state index >= 15 is 0 Å². The molecule has 2 rings (SSSR count). The fourth-order valence-corrected chi connectivity index (χ4v) is 2.36. The highest BCUT2D eigenvalue weighted by Crippen LogP contribution is 2.17. The molecule has 1 fully saturated rings. The minimum absolute atomic E-state index is 0.312. The summed E-state index contributed by atoms with van der Waals surface area (Å²) in [5, 5.41) is 8.30. The lowest BCUT2D eigenvalue weighted by Crippen LogP contribution is -2.23. The molecule has 0 N–H and O–H groups in total. The lowest BCUT2D eigenvalue weighted by molar-refractivity contribution is 0.0151. The number of hydrogen-bond acceptors (Lipinski definition) is 3. The largest absolute Gasteiger partial charge is 0.378 e. The van der Waals surface area contributed by atoms with Gasteiger partial charge in [0, 0.05) is 19.6 Å². The van der Waals surface area contributed by atoms with E-state index in [1.54, 1.807) is 0 Å². The first-order valence-electron chi connectivity index (χ1n) is 5.93. The van der Waals surface area contributed by atoms with Gasteiger partial charge in [0.15, 0.2) is 0 Å². The second-order valence-electron chi connectivity index (χ2n) is 4.10. The first-order valence-corrected chi connectivity index (χ1v) is 6.47. The molecular weight excluding hydrogens is 226 g/mol. The Kier molecular flexibility index (Phi) is 4.18. The van der Waals surface area contributed by atoms with Gasteiger partial charge in [-0.3, -0.25) is 0 Å². The summed E-state index contributed by atoms with van der Waals surface area (Å²) in [6.45, 7) is 3.84. The van der Waals surface area contributed by atoms with E-state index in [9.17, 15) is 0 Å². The smallest absolute Gasteiger partial charge is 0.147 e. The monoisotopic (exact) mass is 243 g/mol. The van der Waals surface area contributed by atoms with Crippen molar-refractivity contribution in [1.82, 2.24) is 14.8 Å². The van der Waals surface area contributed by atoms with Crippen LogP contribution in [0, 0.1) is 0 Å². The molecule has 1 aromatic rings. The van der Waals surface area contributed by atoms with Crippen LogP contribution in [0.15, 0.2) is 0 Å². The molecule has 2 heterocycles. The lowest BCUT2D eigenvalue weighted by atomic mass is 10.1. The molecule has 0 aliphatic carbocycles. The average Bonchev–Trinajstić information content (AvgIpc) is 2.72. The summed E-state index contributed by atoms with van der Waals surface area (Å²) < 4.78 is 7.80. The van der Waals surface area contributed by atoms with Crippen LogP contribution in [0.25, 0.3) is 0 Å². The van der Waals surface area contributed by atoms with Gasteiger partial charge < -0.3 is 9.30 Å². The van der Waals surface area contributed by atoms with E-state index in [1.165, 1.54) is 12.8 Å². The van der Waals surface area contributed by atoms with Crippen LogP contribution in [0.2, 0.25) is 0 Å². The van der Waals surface area contributed by atoms with Gasteiger partial charge in [0.1, 0.15) is 11.6 Å². The van der Waals surface area contributed by atoms with E-state index in [0.29, 0.717) is 12.0 Å². The Bertz CT molecular complexity index is 334. The number of hydrogen-bond donors (Lipinski definition) is 0. The highest BCUT2D eigenvalue weighted by Gasteiger charge is 2.18. The van der Waals surface area contributed by atoms with Gasteiger partial charge >= 0.3 is 0 Å². The van der Waals surface area contributed by atoms with E-state index in [2.05, 4.69) is 21.7 Å². The van der Waals surface area contributed by atoms with E-state index in [1.807, 2.05) is 0 Å². The van der Waals surface area contributed by atoms with Crippen LogP contribution >= 0.6 is 11.6 Å². The lowest BCUT2D eigenvalue weighted by Gasteiger charge is -2.22. The molecule has 0 aromatic carbocycles. The van der Waals surface area contributed by atoms with Crippen LogP contribution in [0.1, 0.15) is 37.8 Å². The van der Waals surface area contributed by atoms with E-state index in [4.69, 9.17) is 16.3 Å². The predicted octanol–water partition coefficient (Wildman–Crippen LogP) is 2.15. The molecule has 1 aliphatic rings. The molecule has 0 spiro atoms. The van der Waals surface area contributed by atoms with Crippen molar-refractivity contribution in [2.24, 2.45) is 0 Å². The van der Waals surface area contributed by atoms with Gasteiger partial charge in [0.25, 0.3) is 0 Å². The Labute approximate surface area is 101 Å². The molecule has 1 unspecified atom stereocenters. The zero-order valence-electron chi connectivity index (χ0n) is 9.65. The molecule has 16 heavy (non-hydrogen) atoms. The Morgan fingerprint density at radius 3 is 2.81 bits per heavy atom. The maximum Gasteiger partial charge on any atom is 0.147 e. The zero-order chi connectivity index (χ0) is 11.4. The average molecular weight is 244 g/mol. The van der Waals surface area contributed by atoms with Crippen molar-refractivity contribution in [3.05, 3.63) is 11.6 Å². The summed E-state index contributed by atoms with van der Waals surface area (Å²) in [5.74, 6) is 2.28. The summed E-state index contributed by atoms with van der Waals surface area (Å²) in [6, 6.07) is 0. The number of ether oxygens (including phenoxy) is 1. The minimum Gasteiger partial charge on any atom is -0.378 e. The summed E-state index contributed by atoms with van der Waals surface area (Å²) in [7, 11) is 0. The van der Waals surface area contributed by atoms with E-state index in [0.717, 1.165) is 37.6 Å². The molecule has 1 saturated heterocycles. The van der Waals surface area contributed by atoms with E-state index < -0.39 is 0 Å². The number of aromatic nitrogens is 3. The predicted molar refractivity (Wildman–Crippen MR) is 62.5 cm³/mol. The van der Waals surface area contributed by atoms with Crippen LogP contribution in [-0.4, -0.2) is 27.5 Å². The molecule has 0 radical (unpaired) electrons. The number of rotatable bonds is 4. The van der Waals surface area contributed by atoms with Crippen LogP contribution in [0.3, 0.4) is 0 Å². The molecule has 1 atom stereocenters. The first kappa shape index (κ1) is 11.9. The van der Waals surface area contributed by atoms with Crippen molar-refractivity contribution in [1.29, 1.82) is 0 Å². The Morgan fingerprint density at radius 1 is 1.38 bits per heavy atom. The summed E-state index contributed by atoms with van der Waals surface area (Å²) in [4.78, 5) is 0. The third-order valence-corrected chi connectivity index (χ3v) is 3.26. The second-order valence-corrected chi connectivity index (χ2v) is 4.37. The van der Waals surface area contributed by atoms with Crippen molar-refractivity contribution >= 4 is 11.6 Å². The van der Waals surface area contributed by atoms with E-state index in [-0.39, 0.29) is 0 Å². The van der Waals surface area contributed by atoms with Crippen LogP contribution in [0.4, 0.5) is 0 Å². The number of nitrogens with zero attached hydrogens (tertiary/aromatic N) is 3. The van der Waals surface area contributed by atoms with Gasteiger partial charge in [0.05, 0.1) is 12.0 Å². The van der Waals surface area contributed by atoms with Gasteiger partial charge in [-0.15, -0.1) is 21.8 Å². The maximum absolute atomic E-state index is 5.81. The number of halogens is 1. The molecular formula is C11H18ClN3O.